The van der Waals surface area contributed by atoms with Crippen molar-refractivity contribution in [3.8, 4) is 0 Å². The summed E-state index contributed by atoms with van der Waals surface area (Å²) in [5.41, 5.74) is 1.47. The molecule has 8 nitrogen and oxygen atoms in total. The molecule has 0 unspecified atom stereocenters. The standard InChI is InChI=1S/C46H32N4O4P2S4/c1-59(51,52)55(57)41-15-7-3-11-37(41)49(38-12-4-8-16-42(38)55)31-21-23-33-29(27-31)19-25-35-45(33)48-46-34-24-22-32(28-30(34)20-26-36(46)47-35)50-39-13-5-9-17-43(39)56(58,60(2,53)54)44-18-10-6-14-40(44)50/h3-28H,1-2H3. The highest BCUT2D eigenvalue weighted by atomic mass is 33.1. The molecule has 0 saturated carbocycles. The van der Waals surface area contributed by atoms with Crippen LogP contribution in [0.1, 0.15) is 0 Å². The molecule has 0 aliphatic carbocycles. The van der Waals surface area contributed by atoms with E-state index in [4.69, 9.17) is 34.5 Å². The number of fused-ring (bicyclic) bond motifs is 10. The van der Waals surface area contributed by atoms with Gasteiger partial charge in [-0.25, -0.2) is 9.97 Å². The fourth-order valence-electron chi connectivity index (χ4n) is 8.91. The molecule has 8 aromatic carbocycles. The Morgan fingerprint density at radius 1 is 0.433 bits per heavy atom. The predicted molar refractivity (Wildman–Crippen MR) is 258 cm³/mol. The summed E-state index contributed by atoms with van der Waals surface area (Å²) >= 11 is 12.3. The first-order valence-electron chi connectivity index (χ1n) is 19.0. The van der Waals surface area contributed by atoms with Gasteiger partial charge < -0.3 is 34.3 Å². The lowest BCUT2D eigenvalue weighted by atomic mass is 10.0. The fourth-order valence-corrected chi connectivity index (χ4v) is 21.9. The minimum Gasteiger partial charge on any atom is -0.528 e. The highest BCUT2D eigenvalue weighted by molar-refractivity contribution is 8.87. The molecule has 294 valence electrons. The van der Waals surface area contributed by atoms with Crippen molar-refractivity contribution in [1.29, 1.82) is 0 Å². The van der Waals surface area contributed by atoms with Gasteiger partial charge in [0.25, 0.3) is 0 Å². The molecule has 2 aliphatic heterocycles. The first kappa shape index (κ1) is 37.9. The average Bonchev–Trinajstić information content (AvgIpc) is 3.25. The summed E-state index contributed by atoms with van der Waals surface area (Å²) in [6.45, 7) is 0. The van der Waals surface area contributed by atoms with Crippen molar-refractivity contribution >= 4 is 154 Å². The van der Waals surface area contributed by atoms with Crippen LogP contribution in [0.15, 0.2) is 158 Å². The zero-order valence-corrected chi connectivity index (χ0v) is 37.0. The van der Waals surface area contributed by atoms with Gasteiger partial charge in [-0.3, -0.25) is 0 Å². The zero-order valence-electron chi connectivity index (χ0n) is 32.0. The van der Waals surface area contributed by atoms with Crippen LogP contribution in [0.25, 0.3) is 43.6 Å². The van der Waals surface area contributed by atoms with Crippen molar-refractivity contribution < 1.29 is 16.8 Å². The van der Waals surface area contributed by atoms with Gasteiger partial charge >= 0.3 is 0 Å². The fraction of sp³-hybridized carbons (Fsp3) is 0.0435. The van der Waals surface area contributed by atoms with Crippen LogP contribution in [-0.4, -0.2) is 39.3 Å². The number of hydrogen-bond donors (Lipinski definition) is 0. The number of anilines is 6. The molecular formula is C46H32N4O4P2S4. The third-order valence-electron chi connectivity index (χ3n) is 11.6. The Kier molecular flexibility index (Phi) is 8.35. The Labute approximate surface area is 358 Å². The summed E-state index contributed by atoms with van der Waals surface area (Å²) in [6, 6.07) is 50.8. The summed E-state index contributed by atoms with van der Waals surface area (Å²) in [7, 11) is -7.27. The second-order valence-corrected chi connectivity index (χ2v) is 34.1. The molecule has 11 rings (SSSR count). The molecule has 0 spiro atoms. The van der Waals surface area contributed by atoms with Gasteiger partial charge in [-0.1, -0.05) is 72.8 Å². The van der Waals surface area contributed by atoms with E-state index in [9.17, 15) is 16.8 Å². The van der Waals surface area contributed by atoms with E-state index in [0.29, 0.717) is 21.2 Å². The van der Waals surface area contributed by atoms with E-state index in [1.807, 2.05) is 121 Å². The maximum Gasteiger partial charge on any atom is 0.242 e. The molecule has 0 saturated heterocycles. The highest BCUT2D eigenvalue weighted by Gasteiger charge is 2.50. The molecule has 9 aromatic rings. The second-order valence-electron chi connectivity index (χ2n) is 15.1. The second kappa shape index (κ2) is 13.2. The Morgan fingerprint density at radius 2 is 0.767 bits per heavy atom. The molecule has 0 amide bonds. The van der Waals surface area contributed by atoms with E-state index in [2.05, 4.69) is 46.2 Å². The first-order chi connectivity index (χ1) is 28.8. The maximum atomic E-state index is 13.5. The third-order valence-corrected chi connectivity index (χ3v) is 32.7. The molecule has 1 aromatic heterocycles. The van der Waals surface area contributed by atoms with Gasteiger partial charge in [0.15, 0.2) is 0 Å². The predicted octanol–water partition coefficient (Wildman–Crippen LogP) is 9.44. The van der Waals surface area contributed by atoms with Gasteiger partial charge in [0.05, 0.1) is 68.7 Å². The molecule has 2 aliphatic rings. The van der Waals surface area contributed by atoms with Crippen molar-refractivity contribution in [3.05, 3.63) is 158 Å². The minimum atomic E-state index is -3.63. The summed E-state index contributed by atoms with van der Waals surface area (Å²) in [5, 5.41) is 6.40. The topological polar surface area (TPSA) is 101 Å². The molecule has 0 fully saturated rings. The van der Waals surface area contributed by atoms with Crippen LogP contribution in [-0.2, 0) is 43.4 Å². The molecular weight excluding hydrogens is 863 g/mol. The number of rotatable bonds is 4. The Bertz CT molecular complexity index is 3260. The van der Waals surface area contributed by atoms with Gasteiger partial charge in [-0.15, -0.1) is 0 Å². The summed E-state index contributed by atoms with van der Waals surface area (Å²) in [6.07, 6.45) is 2.51. The van der Waals surface area contributed by atoms with Crippen molar-refractivity contribution in [2.45, 2.75) is 0 Å². The SMILES string of the molecule is CS(=O)(=O)[P+]1([S-])c2ccccc2N(c2ccc3c(ccc4nc5ccc6cc(N7c8ccccc8[P+]([S-])(S(C)(=O)=O)c8ccccc87)ccc6c5nc43)c2)c2ccccc21. The number of benzene rings is 8. The van der Waals surface area contributed by atoms with Crippen LogP contribution in [0, 0.1) is 0 Å². The number of para-hydroxylation sites is 4. The summed E-state index contributed by atoms with van der Waals surface area (Å²) in [4.78, 5) is 14.6. The van der Waals surface area contributed by atoms with Crippen molar-refractivity contribution in [1.82, 2.24) is 9.97 Å². The van der Waals surface area contributed by atoms with E-state index < -0.39 is 30.2 Å². The van der Waals surface area contributed by atoms with Gasteiger partial charge in [-0.2, -0.15) is 16.8 Å². The lowest BCUT2D eigenvalue weighted by molar-refractivity contribution is 0.613. The third kappa shape index (κ3) is 5.25. The van der Waals surface area contributed by atoms with E-state index >= 15 is 0 Å². The van der Waals surface area contributed by atoms with Crippen LogP contribution >= 0.6 is 11.3 Å². The van der Waals surface area contributed by atoms with Crippen LogP contribution in [0.5, 0.6) is 0 Å². The van der Waals surface area contributed by atoms with Crippen molar-refractivity contribution in [2.24, 2.45) is 0 Å². The van der Waals surface area contributed by atoms with E-state index in [1.54, 1.807) is 0 Å². The smallest absolute Gasteiger partial charge is 0.242 e. The zero-order chi connectivity index (χ0) is 41.3. The molecule has 0 radical (unpaired) electrons. The first-order valence-corrected chi connectivity index (χ1v) is 29.5. The van der Waals surface area contributed by atoms with E-state index in [-0.39, 0.29) is 0 Å². The summed E-state index contributed by atoms with van der Waals surface area (Å²) in [5.74, 6) is 0. The molecule has 0 bridgehead atoms. The van der Waals surface area contributed by atoms with Gasteiger partial charge in [0.2, 0.25) is 18.9 Å². The Morgan fingerprint density at radius 3 is 1.10 bits per heavy atom. The number of nitrogens with zero attached hydrogens (tertiary/aromatic N) is 4. The lowest BCUT2D eigenvalue weighted by Gasteiger charge is -2.41. The lowest BCUT2D eigenvalue weighted by Crippen LogP contribution is -2.37. The average molecular weight is 895 g/mol. The normalized spacial score (nSPS) is 15.5. The van der Waals surface area contributed by atoms with Crippen molar-refractivity contribution in [3.63, 3.8) is 0 Å². The minimum absolute atomic E-state index is 0.657. The monoisotopic (exact) mass is 894 g/mol. The number of hydrogen-bond acceptors (Lipinski definition) is 10. The van der Waals surface area contributed by atoms with Crippen LogP contribution in [0.3, 0.4) is 0 Å². The van der Waals surface area contributed by atoms with Gasteiger partial charge in [-0.05, 0) is 95.7 Å². The highest BCUT2D eigenvalue weighted by Crippen LogP contribution is 2.67. The van der Waals surface area contributed by atoms with Crippen LogP contribution in [0.4, 0.5) is 34.1 Å². The van der Waals surface area contributed by atoms with E-state index in [1.165, 1.54) is 12.5 Å². The van der Waals surface area contributed by atoms with Crippen LogP contribution < -0.4 is 31.0 Å². The largest absolute Gasteiger partial charge is 0.528 e. The molecule has 3 heterocycles. The Balaban J connectivity index is 1.05. The molecule has 0 N–H and O–H groups in total. The molecule has 0 atom stereocenters. The van der Waals surface area contributed by atoms with Gasteiger partial charge in [0.1, 0.15) is 21.2 Å². The number of aromatic nitrogens is 2. The molecule has 60 heavy (non-hydrogen) atoms. The Hall–Kier alpha value is -5.06. The molecule has 14 heteroatoms. The maximum absolute atomic E-state index is 13.5. The quantitative estimate of drug-likeness (QED) is 0.0736. The van der Waals surface area contributed by atoms with E-state index in [0.717, 1.165) is 77.7 Å². The van der Waals surface area contributed by atoms with Gasteiger partial charge in [0, 0.05) is 22.1 Å². The van der Waals surface area contributed by atoms with Crippen LogP contribution in [0.2, 0.25) is 0 Å². The summed E-state index contributed by atoms with van der Waals surface area (Å²) < 4.78 is 53.9. The van der Waals surface area contributed by atoms with Crippen molar-refractivity contribution in [2.75, 3.05) is 22.3 Å².